The van der Waals surface area contributed by atoms with Crippen LogP contribution in [0, 0.1) is 19.7 Å². The van der Waals surface area contributed by atoms with Crippen LogP contribution in [0.3, 0.4) is 0 Å². The fourth-order valence-corrected chi connectivity index (χ4v) is 2.25. The van der Waals surface area contributed by atoms with E-state index in [-0.39, 0.29) is 11.9 Å². The average Bonchev–Trinajstić information content (AvgIpc) is 2.45. The molecule has 0 spiro atoms. The highest BCUT2D eigenvalue weighted by molar-refractivity contribution is 5.43. The average molecular weight is 287 g/mol. The number of hydrogen-bond donors (Lipinski definition) is 1. The number of halogens is 1. The van der Waals surface area contributed by atoms with Crippen LogP contribution >= 0.6 is 0 Å². The van der Waals surface area contributed by atoms with E-state index in [1.165, 1.54) is 5.56 Å². The number of ether oxygens (including phenoxy) is 1. The SMILES string of the molecule is CCNC(C)c1cc(F)c(C)cc1Oc1ccc(C)cc1. The van der Waals surface area contributed by atoms with E-state index >= 15 is 0 Å². The van der Waals surface area contributed by atoms with Crippen LogP contribution in [0.15, 0.2) is 36.4 Å². The van der Waals surface area contributed by atoms with Crippen LogP contribution in [0.1, 0.15) is 36.6 Å². The van der Waals surface area contributed by atoms with Crippen molar-refractivity contribution in [3.05, 3.63) is 58.9 Å². The molecule has 0 saturated heterocycles. The van der Waals surface area contributed by atoms with Crippen LogP contribution in [-0.4, -0.2) is 6.54 Å². The Morgan fingerprint density at radius 1 is 1.14 bits per heavy atom. The summed E-state index contributed by atoms with van der Waals surface area (Å²) in [7, 11) is 0. The van der Waals surface area contributed by atoms with Gasteiger partial charge in [0.05, 0.1) is 0 Å². The number of rotatable bonds is 5. The van der Waals surface area contributed by atoms with Gasteiger partial charge in [-0.3, -0.25) is 0 Å². The van der Waals surface area contributed by atoms with Crippen molar-refractivity contribution in [2.45, 2.75) is 33.7 Å². The van der Waals surface area contributed by atoms with E-state index in [0.29, 0.717) is 11.3 Å². The maximum absolute atomic E-state index is 13.9. The Morgan fingerprint density at radius 2 is 1.81 bits per heavy atom. The molecule has 2 aromatic carbocycles. The van der Waals surface area contributed by atoms with Crippen molar-refractivity contribution in [3.63, 3.8) is 0 Å². The lowest BCUT2D eigenvalue weighted by molar-refractivity contribution is 0.458. The number of hydrogen-bond acceptors (Lipinski definition) is 2. The summed E-state index contributed by atoms with van der Waals surface area (Å²) >= 11 is 0. The van der Waals surface area contributed by atoms with Crippen LogP contribution < -0.4 is 10.1 Å². The molecule has 0 aromatic heterocycles. The van der Waals surface area contributed by atoms with E-state index in [0.717, 1.165) is 17.9 Å². The van der Waals surface area contributed by atoms with Gasteiger partial charge in [-0.2, -0.15) is 0 Å². The number of aryl methyl sites for hydroxylation is 2. The van der Waals surface area contributed by atoms with Gasteiger partial charge in [-0.15, -0.1) is 0 Å². The van der Waals surface area contributed by atoms with Gasteiger partial charge in [-0.25, -0.2) is 4.39 Å². The fraction of sp³-hybridized carbons (Fsp3) is 0.333. The molecule has 0 radical (unpaired) electrons. The molecule has 1 unspecified atom stereocenters. The second-order valence-corrected chi connectivity index (χ2v) is 5.33. The molecule has 0 aliphatic rings. The molecule has 0 saturated carbocycles. The summed E-state index contributed by atoms with van der Waals surface area (Å²) in [6.07, 6.45) is 0. The molecule has 112 valence electrons. The summed E-state index contributed by atoms with van der Waals surface area (Å²) in [4.78, 5) is 0. The van der Waals surface area contributed by atoms with Crippen LogP contribution in [-0.2, 0) is 0 Å². The van der Waals surface area contributed by atoms with Gasteiger partial charge in [-0.1, -0.05) is 24.6 Å². The third-order valence-corrected chi connectivity index (χ3v) is 3.52. The summed E-state index contributed by atoms with van der Waals surface area (Å²) in [5.41, 5.74) is 2.60. The minimum absolute atomic E-state index is 0.0329. The quantitative estimate of drug-likeness (QED) is 0.844. The van der Waals surface area contributed by atoms with Gasteiger partial charge in [0.25, 0.3) is 0 Å². The fourth-order valence-electron chi connectivity index (χ4n) is 2.25. The summed E-state index contributed by atoms with van der Waals surface area (Å²) in [5.74, 6) is 1.26. The molecule has 0 aliphatic carbocycles. The largest absolute Gasteiger partial charge is 0.457 e. The third-order valence-electron chi connectivity index (χ3n) is 3.52. The van der Waals surface area contributed by atoms with Crippen molar-refractivity contribution in [1.82, 2.24) is 5.32 Å². The predicted octanol–water partition coefficient (Wildman–Crippen LogP) is 4.91. The lowest BCUT2D eigenvalue weighted by Gasteiger charge is -2.18. The summed E-state index contributed by atoms with van der Waals surface area (Å²) < 4.78 is 19.8. The van der Waals surface area contributed by atoms with Crippen molar-refractivity contribution >= 4 is 0 Å². The van der Waals surface area contributed by atoms with Gasteiger partial charge in [0.2, 0.25) is 0 Å². The van der Waals surface area contributed by atoms with Gasteiger partial charge in [0.1, 0.15) is 17.3 Å². The number of nitrogens with one attached hydrogen (secondary N) is 1. The second-order valence-electron chi connectivity index (χ2n) is 5.33. The molecular weight excluding hydrogens is 265 g/mol. The minimum Gasteiger partial charge on any atom is -0.457 e. The van der Waals surface area contributed by atoms with E-state index < -0.39 is 0 Å². The first kappa shape index (κ1) is 15.5. The first-order valence-corrected chi connectivity index (χ1v) is 7.29. The molecule has 0 amide bonds. The first-order valence-electron chi connectivity index (χ1n) is 7.29. The molecule has 2 aromatic rings. The highest BCUT2D eigenvalue weighted by Crippen LogP contribution is 2.32. The van der Waals surface area contributed by atoms with Gasteiger partial charge >= 0.3 is 0 Å². The Balaban J connectivity index is 2.36. The lowest BCUT2D eigenvalue weighted by atomic mass is 10.0. The molecular formula is C18H22FNO. The topological polar surface area (TPSA) is 21.3 Å². The maximum Gasteiger partial charge on any atom is 0.132 e. The Hall–Kier alpha value is -1.87. The van der Waals surface area contributed by atoms with Gasteiger partial charge < -0.3 is 10.1 Å². The minimum atomic E-state index is -0.203. The van der Waals surface area contributed by atoms with Gasteiger partial charge in [0.15, 0.2) is 0 Å². The van der Waals surface area contributed by atoms with Crippen LogP contribution in [0.2, 0.25) is 0 Å². The summed E-state index contributed by atoms with van der Waals surface area (Å²) in [6, 6.07) is 11.2. The zero-order valence-electron chi connectivity index (χ0n) is 13.0. The monoisotopic (exact) mass is 287 g/mol. The zero-order chi connectivity index (χ0) is 15.4. The second kappa shape index (κ2) is 6.72. The van der Waals surface area contributed by atoms with E-state index in [2.05, 4.69) is 5.32 Å². The Labute approximate surface area is 126 Å². The normalized spacial score (nSPS) is 12.2. The van der Waals surface area contributed by atoms with E-state index in [1.54, 1.807) is 19.1 Å². The zero-order valence-corrected chi connectivity index (χ0v) is 13.0. The smallest absolute Gasteiger partial charge is 0.132 e. The van der Waals surface area contributed by atoms with Crippen molar-refractivity contribution in [2.75, 3.05) is 6.54 Å². The van der Waals surface area contributed by atoms with Crippen molar-refractivity contribution in [1.29, 1.82) is 0 Å². The Morgan fingerprint density at radius 3 is 2.43 bits per heavy atom. The Kier molecular flexibility index (Phi) is 4.97. The van der Waals surface area contributed by atoms with E-state index in [4.69, 9.17) is 4.74 Å². The van der Waals surface area contributed by atoms with Crippen LogP contribution in [0.25, 0.3) is 0 Å². The molecule has 0 fully saturated rings. The molecule has 21 heavy (non-hydrogen) atoms. The lowest BCUT2D eigenvalue weighted by Crippen LogP contribution is -2.18. The maximum atomic E-state index is 13.9. The van der Waals surface area contributed by atoms with E-state index in [9.17, 15) is 4.39 Å². The van der Waals surface area contributed by atoms with Crippen molar-refractivity contribution in [3.8, 4) is 11.5 Å². The highest BCUT2D eigenvalue weighted by atomic mass is 19.1. The molecule has 0 heterocycles. The van der Waals surface area contributed by atoms with E-state index in [1.807, 2.05) is 45.0 Å². The third kappa shape index (κ3) is 3.82. The highest BCUT2D eigenvalue weighted by Gasteiger charge is 2.15. The Bertz CT molecular complexity index is 607. The van der Waals surface area contributed by atoms with Crippen LogP contribution in [0.5, 0.6) is 11.5 Å². The molecule has 2 rings (SSSR count). The molecule has 0 aliphatic heterocycles. The van der Waals surface area contributed by atoms with Crippen LogP contribution in [0.4, 0.5) is 4.39 Å². The summed E-state index contributed by atoms with van der Waals surface area (Å²) in [6.45, 7) is 8.64. The molecule has 1 N–H and O–H groups in total. The van der Waals surface area contributed by atoms with Gasteiger partial charge in [-0.05, 0) is 57.1 Å². The molecule has 1 atom stereocenters. The van der Waals surface area contributed by atoms with Crippen molar-refractivity contribution < 1.29 is 9.13 Å². The number of benzene rings is 2. The molecule has 2 nitrogen and oxygen atoms in total. The van der Waals surface area contributed by atoms with Gasteiger partial charge in [0, 0.05) is 11.6 Å². The first-order chi connectivity index (χ1) is 10.0. The van der Waals surface area contributed by atoms with Crippen molar-refractivity contribution in [2.24, 2.45) is 0 Å². The summed E-state index contributed by atoms with van der Waals surface area (Å²) in [5, 5.41) is 3.30. The molecule has 3 heteroatoms. The predicted molar refractivity (Wildman–Crippen MR) is 84.5 cm³/mol. The molecule has 0 bridgehead atoms. The standard InChI is InChI=1S/C18H22FNO/c1-5-20-14(4)16-11-17(19)13(3)10-18(16)21-15-8-6-12(2)7-9-15/h6-11,14,20H,5H2,1-4H3.